The molecule has 0 aliphatic heterocycles. The summed E-state index contributed by atoms with van der Waals surface area (Å²) in [5.74, 6) is -0.414. The van der Waals surface area contributed by atoms with Crippen molar-refractivity contribution in [3.8, 4) is 0 Å². The largest absolute Gasteiger partial charge is 0.481 e. The van der Waals surface area contributed by atoms with Gasteiger partial charge in [0.15, 0.2) is 0 Å². The predicted octanol–water partition coefficient (Wildman–Crippen LogP) is 2.66. The summed E-state index contributed by atoms with van der Waals surface area (Å²) in [6.07, 6.45) is -0.212. The molecule has 21 heavy (non-hydrogen) atoms. The topological polar surface area (TPSA) is 95.1 Å². The molecule has 0 unspecified atom stereocenters. The van der Waals surface area contributed by atoms with Crippen LogP contribution in [-0.2, 0) is 15.0 Å². The zero-order valence-electron chi connectivity index (χ0n) is 12.4. The van der Waals surface area contributed by atoms with Crippen molar-refractivity contribution in [2.75, 3.05) is 5.32 Å². The van der Waals surface area contributed by atoms with Gasteiger partial charge >= 0.3 is 5.97 Å². The summed E-state index contributed by atoms with van der Waals surface area (Å²) < 4.78 is 0. The summed E-state index contributed by atoms with van der Waals surface area (Å²) in [4.78, 5) is 29.8. The molecule has 1 amide bonds. The second-order valence-corrected chi connectivity index (χ2v) is 6.01. The number of hydrogen-bond acceptors (Lipinski definition) is 3. The molecular weight excluding hydrogens is 270 g/mol. The number of carboxylic acid groups (broad SMARTS) is 1. The summed E-state index contributed by atoms with van der Waals surface area (Å²) in [6, 6.07) is 5.39. The smallest absolute Gasteiger partial charge is 0.303 e. The van der Waals surface area contributed by atoms with Crippen LogP contribution in [0.5, 0.6) is 0 Å². The normalized spacial score (nSPS) is 11.6. The minimum Gasteiger partial charge on any atom is -0.481 e. The third-order valence-corrected chi connectivity index (χ3v) is 3.04. The van der Waals surface area contributed by atoms with Crippen LogP contribution in [0.1, 0.15) is 39.4 Å². The van der Waals surface area contributed by atoms with Gasteiger partial charge in [-0.05, 0) is 18.2 Å². The van der Waals surface area contributed by atoms with Crippen LogP contribution in [0.25, 0.3) is 11.0 Å². The molecule has 0 spiro atoms. The highest BCUT2D eigenvalue weighted by atomic mass is 16.4. The third-order valence-electron chi connectivity index (χ3n) is 3.04. The second-order valence-electron chi connectivity index (χ2n) is 6.01. The van der Waals surface area contributed by atoms with Crippen molar-refractivity contribution in [1.82, 2.24) is 9.97 Å². The first-order valence-corrected chi connectivity index (χ1v) is 6.77. The first-order valence-electron chi connectivity index (χ1n) is 6.77. The molecule has 1 heterocycles. The highest BCUT2D eigenvalue weighted by Gasteiger charge is 2.18. The van der Waals surface area contributed by atoms with Crippen LogP contribution in [0.2, 0.25) is 0 Å². The van der Waals surface area contributed by atoms with E-state index in [1.54, 1.807) is 12.1 Å². The van der Waals surface area contributed by atoms with Crippen molar-refractivity contribution in [3.05, 3.63) is 24.0 Å². The first-order chi connectivity index (χ1) is 9.75. The molecule has 2 aromatic rings. The van der Waals surface area contributed by atoms with Crippen LogP contribution in [0.15, 0.2) is 18.2 Å². The van der Waals surface area contributed by atoms with Gasteiger partial charge in [0, 0.05) is 17.5 Å². The number of H-pyrrole nitrogens is 1. The molecule has 1 aromatic heterocycles. The van der Waals surface area contributed by atoms with Gasteiger partial charge in [-0.1, -0.05) is 20.8 Å². The molecule has 0 fully saturated rings. The zero-order valence-corrected chi connectivity index (χ0v) is 12.4. The monoisotopic (exact) mass is 289 g/mol. The van der Waals surface area contributed by atoms with E-state index in [2.05, 4.69) is 36.1 Å². The minimum absolute atomic E-state index is 0.0381. The van der Waals surface area contributed by atoms with Crippen LogP contribution in [-0.4, -0.2) is 27.0 Å². The Bertz CT molecular complexity index is 683. The number of aromatic amines is 1. The van der Waals surface area contributed by atoms with Crippen molar-refractivity contribution < 1.29 is 14.7 Å². The number of fused-ring (bicyclic) bond motifs is 1. The Morgan fingerprint density at radius 1 is 1.29 bits per heavy atom. The van der Waals surface area contributed by atoms with E-state index in [0.29, 0.717) is 5.69 Å². The highest BCUT2D eigenvalue weighted by Crippen LogP contribution is 2.24. The lowest BCUT2D eigenvalue weighted by atomic mass is 9.96. The number of imidazole rings is 1. The van der Waals surface area contributed by atoms with Crippen molar-refractivity contribution in [2.45, 2.75) is 39.0 Å². The maximum atomic E-state index is 11.6. The molecule has 0 saturated heterocycles. The Balaban J connectivity index is 2.15. The number of carbonyl (C=O) groups is 2. The number of aromatic nitrogens is 2. The van der Waals surface area contributed by atoms with Crippen LogP contribution in [0.4, 0.5) is 5.69 Å². The molecule has 0 bridgehead atoms. The first kappa shape index (κ1) is 15.0. The molecule has 0 aliphatic rings. The van der Waals surface area contributed by atoms with Gasteiger partial charge in [0.25, 0.3) is 0 Å². The molecule has 3 N–H and O–H groups in total. The number of hydrogen-bond donors (Lipinski definition) is 3. The summed E-state index contributed by atoms with van der Waals surface area (Å²) in [5, 5.41) is 11.2. The van der Waals surface area contributed by atoms with Crippen LogP contribution in [0.3, 0.4) is 0 Å². The van der Waals surface area contributed by atoms with Gasteiger partial charge in [-0.3, -0.25) is 9.59 Å². The van der Waals surface area contributed by atoms with E-state index in [0.717, 1.165) is 16.9 Å². The van der Waals surface area contributed by atoms with E-state index in [-0.39, 0.29) is 24.2 Å². The molecule has 6 heteroatoms. The molecule has 112 valence electrons. The van der Waals surface area contributed by atoms with Crippen molar-refractivity contribution in [3.63, 3.8) is 0 Å². The number of nitrogens with zero attached hydrogens (tertiary/aromatic N) is 1. The third kappa shape index (κ3) is 3.81. The predicted molar refractivity (Wildman–Crippen MR) is 80.3 cm³/mol. The fourth-order valence-corrected chi connectivity index (χ4v) is 1.89. The van der Waals surface area contributed by atoms with Crippen molar-refractivity contribution >= 4 is 28.6 Å². The quantitative estimate of drug-likeness (QED) is 0.806. The molecule has 0 aliphatic carbocycles. The summed E-state index contributed by atoms with van der Waals surface area (Å²) in [5.41, 5.74) is 2.23. The number of benzene rings is 1. The summed E-state index contributed by atoms with van der Waals surface area (Å²) in [7, 11) is 0. The summed E-state index contributed by atoms with van der Waals surface area (Å²) in [6.45, 7) is 6.21. The molecule has 1 aromatic carbocycles. The van der Waals surface area contributed by atoms with Crippen LogP contribution in [0, 0.1) is 0 Å². The number of carboxylic acids is 1. The maximum Gasteiger partial charge on any atom is 0.303 e. The number of carbonyl (C=O) groups excluding carboxylic acids is 1. The molecule has 0 atom stereocenters. The number of anilines is 1. The molecule has 0 saturated carbocycles. The Labute approximate surface area is 122 Å². The number of aliphatic carboxylic acids is 1. The lowest BCUT2D eigenvalue weighted by Crippen LogP contribution is -2.13. The van der Waals surface area contributed by atoms with Crippen LogP contribution < -0.4 is 5.32 Å². The van der Waals surface area contributed by atoms with Gasteiger partial charge in [-0.2, -0.15) is 0 Å². The lowest BCUT2D eigenvalue weighted by Gasteiger charge is -2.13. The van der Waals surface area contributed by atoms with E-state index in [9.17, 15) is 9.59 Å². The fraction of sp³-hybridized carbons (Fsp3) is 0.400. The van der Waals surface area contributed by atoms with E-state index >= 15 is 0 Å². The Morgan fingerprint density at radius 2 is 2.00 bits per heavy atom. The van der Waals surface area contributed by atoms with Gasteiger partial charge < -0.3 is 15.4 Å². The average molecular weight is 289 g/mol. The van der Waals surface area contributed by atoms with Crippen molar-refractivity contribution in [2.24, 2.45) is 0 Å². The van der Waals surface area contributed by atoms with Gasteiger partial charge in [0.05, 0.1) is 17.5 Å². The van der Waals surface area contributed by atoms with Gasteiger partial charge in [-0.25, -0.2) is 4.98 Å². The molecular formula is C15H19N3O3. The maximum absolute atomic E-state index is 11.6. The summed E-state index contributed by atoms with van der Waals surface area (Å²) >= 11 is 0. The number of amides is 1. The zero-order chi connectivity index (χ0) is 15.6. The van der Waals surface area contributed by atoms with Crippen molar-refractivity contribution in [1.29, 1.82) is 0 Å². The van der Waals surface area contributed by atoms with Crippen LogP contribution >= 0.6 is 0 Å². The van der Waals surface area contributed by atoms with Gasteiger partial charge in [0.2, 0.25) is 5.91 Å². The lowest BCUT2D eigenvalue weighted by molar-refractivity contribution is -0.138. The Hall–Kier alpha value is -2.37. The average Bonchev–Trinajstić information content (AvgIpc) is 2.79. The SMILES string of the molecule is CC(C)(C)c1nc2ccc(NC(=O)CCC(=O)O)cc2[nH]1. The Kier molecular flexibility index (Phi) is 3.97. The highest BCUT2D eigenvalue weighted by molar-refractivity contribution is 5.94. The van der Waals surface area contributed by atoms with E-state index in [1.165, 1.54) is 0 Å². The van der Waals surface area contributed by atoms with E-state index in [4.69, 9.17) is 5.11 Å². The van der Waals surface area contributed by atoms with Gasteiger partial charge in [-0.15, -0.1) is 0 Å². The van der Waals surface area contributed by atoms with Gasteiger partial charge in [0.1, 0.15) is 5.82 Å². The fourth-order valence-electron chi connectivity index (χ4n) is 1.89. The Morgan fingerprint density at radius 3 is 2.62 bits per heavy atom. The number of rotatable bonds is 4. The molecule has 0 radical (unpaired) electrons. The second kappa shape index (κ2) is 5.55. The molecule has 6 nitrogen and oxygen atoms in total. The van der Waals surface area contributed by atoms with E-state index in [1.807, 2.05) is 6.07 Å². The van der Waals surface area contributed by atoms with E-state index < -0.39 is 5.97 Å². The molecule has 2 rings (SSSR count). The number of nitrogens with one attached hydrogen (secondary N) is 2. The standard InChI is InChI=1S/C15H19N3O3/c1-15(2,3)14-17-10-5-4-9(8-11(10)18-14)16-12(19)6-7-13(20)21/h4-5,8H,6-7H2,1-3H3,(H,16,19)(H,17,18)(H,20,21). The minimum atomic E-state index is -0.982.